The molecule has 0 amide bonds. The highest BCUT2D eigenvalue weighted by Crippen LogP contribution is 2.58. The molecule has 0 spiro atoms. The van der Waals surface area contributed by atoms with E-state index in [1.54, 1.807) is 6.92 Å². The number of aliphatic hydroxyl groups is 1. The number of epoxide rings is 1. The zero-order valence-electron chi connectivity index (χ0n) is 10.3. The van der Waals surface area contributed by atoms with E-state index in [0.717, 1.165) is 11.1 Å². The fourth-order valence-electron chi connectivity index (χ4n) is 2.58. The molecule has 92 valence electrons. The summed E-state index contributed by atoms with van der Waals surface area (Å²) in [6.45, 7) is 1.79. The van der Waals surface area contributed by atoms with Crippen molar-refractivity contribution in [1.29, 1.82) is 0 Å². The number of aliphatic hydroxyl groups excluding tert-OH is 1. The first-order valence-electron chi connectivity index (χ1n) is 6.21. The summed E-state index contributed by atoms with van der Waals surface area (Å²) in [5.74, 6) is 0. The van der Waals surface area contributed by atoms with E-state index < -0.39 is 11.7 Å². The lowest BCUT2D eigenvalue weighted by atomic mass is 9.88. The van der Waals surface area contributed by atoms with Crippen LogP contribution in [0.5, 0.6) is 0 Å². The van der Waals surface area contributed by atoms with E-state index in [9.17, 15) is 5.11 Å². The lowest BCUT2D eigenvalue weighted by Gasteiger charge is -2.16. The summed E-state index contributed by atoms with van der Waals surface area (Å²) in [4.78, 5) is 0. The first-order valence-corrected chi connectivity index (χ1v) is 6.21. The van der Waals surface area contributed by atoms with E-state index in [1.165, 1.54) is 0 Å². The van der Waals surface area contributed by atoms with Crippen molar-refractivity contribution in [3.05, 3.63) is 71.8 Å². The van der Waals surface area contributed by atoms with Gasteiger partial charge in [0.2, 0.25) is 0 Å². The Morgan fingerprint density at radius 1 is 1.00 bits per heavy atom. The molecule has 0 aliphatic carbocycles. The molecule has 1 fully saturated rings. The second kappa shape index (κ2) is 4.23. The van der Waals surface area contributed by atoms with Crippen molar-refractivity contribution in [2.24, 2.45) is 0 Å². The van der Waals surface area contributed by atoms with E-state index in [1.807, 2.05) is 60.7 Å². The molecule has 0 bridgehead atoms. The molecule has 1 N–H and O–H groups in total. The average molecular weight is 240 g/mol. The Morgan fingerprint density at radius 3 is 2.11 bits per heavy atom. The SMILES string of the molecule is CC(O)C1(c2ccccc2)OC1c1ccccc1. The molecule has 2 aromatic carbocycles. The fourth-order valence-corrected chi connectivity index (χ4v) is 2.58. The van der Waals surface area contributed by atoms with Gasteiger partial charge < -0.3 is 9.84 Å². The number of ether oxygens (including phenoxy) is 1. The van der Waals surface area contributed by atoms with Gasteiger partial charge in [-0.15, -0.1) is 0 Å². The van der Waals surface area contributed by atoms with Gasteiger partial charge in [-0.2, -0.15) is 0 Å². The predicted molar refractivity (Wildman–Crippen MR) is 70.1 cm³/mol. The highest BCUT2D eigenvalue weighted by atomic mass is 16.6. The Balaban J connectivity index is 1.98. The molecule has 1 saturated heterocycles. The van der Waals surface area contributed by atoms with Gasteiger partial charge in [-0.3, -0.25) is 0 Å². The van der Waals surface area contributed by atoms with Crippen molar-refractivity contribution in [3.63, 3.8) is 0 Å². The van der Waals surface area contributed by atoms with Crippen LogP contribution in [-0.4, -0.2) is 11.2 Å². The maximum Gasteiger partial charge on any atom is 0.150 e. The van der Waals surface area contributed by atoms with E-state index in [2.05, 4.69) is 0 Å². The molecular formula is C16H16O2. The van der Waals surface area contributed by atoms with Gasteiger partial charge in [-0.05, 0) is 18.1 Å². The van der Waals surface area contributed by atoms with Gasteiger partial charge in [-0.1, -0.05) is 60.7 Å². The summed E-state index contributed by atoms with van der Waals surface area (Å²) in [5, 5.41) is 10.1. The lowest BCUT2D eigenvalue weighted by molar-refractivity contribution is 0.0887. The van der Waals surface area contributed by atoms with E-state index in [4.69, 9.17) is 4.74 Å². The summed E-state index contributed by atoms with van der Waals surface area (Å²) < 4.78 is 5.89. The van der Waals surface area contributed by atoms with Crippen LogP contribution in [0.1, 0.15) is 24.2 Å². The zero-order chi connectivity index (χ0) is 12.6. The van der Waals surface area contributed by atoms with Crippen LogP contribution in [0.15, 0.2) is 60.7 Å². The minimum atomic E-state index is -0.581. The normalized spacial score (nSPS) is 27.8. The molecule has 0 saturated carbocycles. The van der Waals surface area contributed by atoms with Crippen LogP contribution < -0.4 is 0 Å². The Morgan fingerprint density at radius 2 is 1.56 bits per heavy atom. The minimum Gasteiger partial charge on any atom is -0.390 e. The molecule has 1 aliphatic heterocycles. The van der Waals surface area contributed by atoms with Crippen LogP contribution in [0.2, 0.25) is 0 Å². The molecule has 2 nitrogen and oxygen atoms in total. The van der Waals surface area contributed by atoms with Crippen LogP contribution in [0.25, 0.3) is 0 Å². The van der Waals surface area contributed by atoms with Crippen molar-refractivity contribution >= 4 is 0 Å². The smallest absolute Gasteiger partial charge is 0.150 e. The van der Waals surface area contributed by atoms with E-state index >= 15 is 0 Å². The van der Waals surface area contributed by atoms with Gasteiger partial charge in [0, 0.05) is 0 Å². The first-order chi connectivity index (χ1) is 8.75. The molecule has 1 heterocycles. The zero-order valence-corrected chi connectivity index (χ0v) is 10.3. The maximum absolute atomic E-state index is 10.1. The molecular weight excluding hydrogens is 224 g/mol. The molecule has 0 aromatic heterocycles. The standard InChI is InChI=1S/C16H16O2/c1-12(17)16(14-10-6-3-7-11-14)15(18-16)13-8-4-2-5-9-13/h2-12,15,17H,1H3. The van der Waals surface area contributed by atoms with Crippen molar-refractivity contribution in [2.45, 2.75) is 24.7 Å². The topological polar surface area (TPSA) is 32.8 Å². The third-order valence-electron chi connectivity index (χ3n) is 3.59. The Bertz CT molecular complexity index is 521. The van der Waals surface area contributed by atoms with Gasteiger partial charge in [-0.25, -0.2) is 0 Å². The predicted octanol–water partition coefficient (Wildman–Crippen LogP) is 3.03. The van der Waals surface area contributed by atoms with E-state index in [-0.39, 0.29) is 6.10 Å². The van der Waals surface area contributed by atoms with Gasteiger partial charge in [0.1, 0.15) is 11.7 Å². The molecule has 2 aromatic rings. The third kappa shape index (κ3) is 1.65. The van der Waals surface area contributed by atoms with Crippen molar-refractivity contribution < 1.29 is 9.84 Å². The van der Waals surface area contributed by atoms with Gasteiger partial charge in [0.25, 0.3) is 0 Å². The molecule has 1 aliphatic rings. The van der Waals surface area contributed by atoms with Crippen LogP contribution in [-0.2, 0) is 10.3 Å². The fraction of sp³-hybridized carbons (Fsp3) is 0.250. The average Bonchev–Trinajstić information content (AvgIpc) is 3.18. The quantitative estimate of drug-likeness (QED) is 0.836. The molecule has 18 heavy (non-hydrogen) atoms. The highest BCUT2D eigenvalue weighted by Gasteiger charge is 2.61. The Labute approximate surface area is 107 Å². The maximum atomic E-state index is 10.1. The summed E-state index contributed by atoms with van der Waals surface area (Å²) in [7, 11) is 0. The summed E-state index contributed by atoms with van der Waals surface area (Å²) >= 11 is 0. The third-order valence-corrected chi connectivity index (χ3v) is 3.59. The molecule has 3 atom stereocenters. The van der Waals surface area contributed by atoms with Crippen molar-refractivity contribution in [2.75, 3.05) is 0 Å². The number of benzene rings is 2. The van der Waals surface area contributed by atoms with Crippen LogP contribution in [0, 0.1) is 0 Å². The Hall–Kier alpha value is -1.64. The number of rotatable bonds is 3. The Kier molecular flexibility index (Phi) is 2.69. The summed E-state index contributed by atoms with van der Waals surface area (Å²) in [6.07, 6.45) is -0.591. The van der Waals surface area contributed by atoms with E-state index in [0.29, 0.717) is 0 Å². The van der Waals surface area contributed by atoms with Gasteiger partial charge >= 0.3 is 0 Å². The number of hydrogen-bond acceptors (Lipinski definition) is 2. The molecule has 3 unspecified atom stereocenters. The summed E-state index contributed by atoms with van der Waals surface area (Å²) in [6, 6.07) is 20.0. The molecule has 2 heteroatoms. The second-order valence-electron chi connectivity index (χ2n) is 4.74. The highest BCUT2D eigenvalue weighted by molar-refractivity contribution is 5.37. The van der Waals surface area contributed by atoms with Crippen molar-refractivity contribution in [1.82, 2.24) is 0 Å². The second-order valence-corrected chi connectivity index (χ2v) is 4.74. The monoisotopic (exact) mass is 240 g/mol. The van der Waals surface area contributed by atoms with Gasteiger partial charge in [0.05, 0.1) is 6.10 Å². The van der Waals surface area contributed by atoms with Crippen LogP contribution >= 0.6 is 0 Å². The summed E-state index contributed by atoms with van der Waals surface area (Å²) in [5.41, 5.74) is 1.57. The molecule has 0 radical (unpaired) electrons. The van der Waals surface area contributed by atoms with Gasteiger partial charge in [0.15, 0.2) is 0 Å². The van der Waals surface area contributed by atoms with Crippen molar-refractivity contribution in [3.8, 4) is 0 Å². The first kappa shape index (κ1) is 11.5. The lowest BCUT2D eigenvalue weighted by Crippen LogP contribution is -2.25. The minimum absolute atomic E-state index is 0.0545. The van der Waals surface area contributed by atoms with Crippen LogP contribution in [0.4, 0.5) is 0 Å². The molecule has 3 rings (SSSR count). The largest absolute Gasteiger partial charge is 0.390 e. The van der Waals surface area contributed by atoms with Crippen LogP contribution in [0.3, 0.4) is 0 Å². The number of hydrogen-bond donors (Lipinski definition) is 1.